The zero-order valence-corrected chi connectivity index (χ0v) is 18.0. The number of piperazine rings is 1. The van der Waals surface area contributed by atoms with E-state index in [2.05, 4.69) is 37.2 Å². The van der Waals surface area contributed by atoms with Crippen molar-refractivity contribution in [3.8, 4) is 0 Å². The van der Waals surface area contributed by atoms with Crippen LogP contribution in [0.25, 0.3) is 16.6 Å². The smallest absolute Gasteiger partial charge is 0.257 e. The lowest BCUT2D eigenvalue weighted by molar-refractivity contribution is 0.0968. The number of benzene rings is 1. The maximum atomic E-state index is 14.5. The minimum Gasteiger partial charge on any atom is -0.368 e. The van der Waals surface area contributed by atoms with Gasteiger partial charge in [0.15, 0.2) is 0 Å². The number of amides is 1. The van der Waals surface area contributed by atoms with Gasteiger partial charge in [-0.05, 0) is 38.1 Å². The third-order valence-corrected chi connectivity index (χ3v) is 5.78. The van der Waals surface area contributed by atoms with Crippen molar-refractivity contribution >= 4 is 39.7 Å². The first-order valence-electron chi connectivity index (χ1n) is 10.6. The number of aromatic nitrogens is 2. The fraction of sp³-hybridized carbons (Fsp3) is 0.304. The minimum atomic E-state index is -0.508. The number of anilines is 1. The predicted octanol–water partition coefficient (Wildman–Crippen LogP) is 2.66. The number of amidine groups is 1. The summed E-state index contributed by atoms with van der Waals surface area (Å²) in [5.74, 6) is -0.313. The number of hydrogen-bond donors (Lipinski definition) is 2. The van der Waals surface area contributed by atoms with E-state index in [9.17, 15) is 9.18 Å². The van der Waals surface area contributed by atoms with Gasteiger partial charge in [0.1, 0.15) is 23.4 Å². The highest BCUT2D eigenvalue weighted by atomic mass is 19.1. The second kappa shape index (κ2) is 7.83. The molecule has 1 aliphatic carbocycles. The van der Waals surface area contributed by atoms with Crippen molar-refractivity contribution in [2.45, 2.75) is 19.9 Å². The molecule has 1 atom stereocenters. The Labute approximate surface area is 184 Å². The van der Waals surface area contributed by atoms with Crippen LogP contribution in [-0.4, -0.2) is 59.5 Å². The number of nitrogens with zero attached hydrogens (tertiary/aromatic N) is 5. The van der Waals surface area contributed by atoms with Crippen LogP contribution >= 0.6 is 0 Å². The number of hydrogen-bond acceptors (Lipinski definition) is 6. The monoisotopic (exact) mass is 433 g/mol. The molecule has 0 radical (unpaired) electrons. The summed E-state index contributed by atoms with van der Waals surface area (Å²) in [6.45, 7) is 11.1. The van der Waals surface area contributed by atoms with E-state index in [-0.39, 0.29) is 11.6 Å². The van der Waals surface area contributed by atoms with Gasteiger partial charge in [0.05, 0.1) is 17.3 Å². The van der Waals surface area contributed by atoms with Crippen LogP contribution in [0.2, 0.25) is 0 Å². The van der Waals surface area contributed by atoms with E-state index in [0.29, 0.717) is 28.3 Å². The Morgan fingerprint density at radius 1 is 1.31 bits per heavy atom. The Morgan fingerprint density at radius 3 is 2.84 bits per heavy atom. The van der Waals surface area contributed by atoms with Crippen molar-refractivity contribution in [3.05, 3.63) is 54.1 Å². The van der Waals surface area contributed by atoms with Gasteiger partial charge in [0.2, 0.25) is 0 Å². The van der Waals surface area contributed by atoms with Crippen molar-refractivity contribution < 1.29 is 9.18 Å². The third kappa shape index (κ3) is 3.44. The average Bonchev–Trinajstić information content (AvgIpc) is 3.37. The number of allylic oxidation sites excluding steroid dienone is 2. The first-order chi connectivity index (χ1) is 15.4. The molecule has 2 N–H and O–H groups in total. The van der Waals surface area contributed by atoms with Gasteiger partial charge in [-0.15, -0.1) is 0 Å². The normalized spacial score (nSPS) is 20.3. The lowest BCUT2D eigenvalue weighted by atomic mass is 10.0. The summed E-state index contributed by atoms with van der Waals surface area (Å²) in [6, 6.07) is 3.24. The topological polar surface area (TPSA) is 86.9 Å². The second-order valence-corrected chi connectivity index (χ2v) is 8.11. The SMILES string of the molecule is C=C(C)n1ncc2c(N3CCNCC3)ccc(C(=O)NC3=CC4N=C(C)N=C4C(F)=C3)c21. The molecule has 1 saturated heterocycles. The summed E-state index contributed by atoms with van der Waals surface area (Å²) in [4.78, 5) is 24.0. The molecule has 3 heterocycles. The molecule has 9 heteroatoms. The van der Waals surface area contributed by atoms with Crippen LogP contribution in [0, 0.1) is 0 Å². The van der Waals surface area contributed by atoms with Crippen LogP contribution in [0.15, 0.2) is 58.6 Å². The molecule has 2 aromatic rings. The number of aliphatic imine (C=N–C) groups is 2. The molecule has 32 heavy (non-hydrogen) atoms. The van der Waals surface area contributed by atoms with Crippen LogP contribution in [-0.2, 0) is 0 Å². The summed E-state index contributed by atoms with van der Waals surface area (Å²) >= 11 is 0. The molecule has 1 amide bonds. The lowest BCUT2D eigenvalue weighted by Gasteiger charge is -2.30. The van der Waals surface area contributed by atoms with Crippen molar-refractivity contribution in [2.24, 2.45) is 9.98 Å². The Hall–Kier alpha value is -3.59. The lowest BCUT2D eigenvalue weighted by Crippen LogP contribution is -2.43. The first-order valence-corrected chi connectivity index (χ1v) is 10.6. The molecule has 2 aliphatic heterocycles. The maximum absolute atomic E-state index is 14.5. The number of nitrogens with one attached hydrogen (secondary N) is 2. The Kier molecular flexibility index (Phi) is 4.97. The highest BCUT2D eigenvalue weighted by Crippen LogP contribution is 2.31. The summed E-state index contributed by atoms with van der Waals surface area (Å²) in [5.41, 5.74) is 3.50. The van der Waals surface area contributed by atoms with Crippen LogP contribution in [0.3, 0.4) is 0 Å². The molecule has 1 fully saturated rings. The highest BCUT2D eigenvalue weighted by Gasteiger charge is 2.28. The zero-order valence-electron chi connectivity index (χ0n) is 18.0. The number of carbonyl (C=O) groups excluding carboxylic acids is 1. The molecule has 1 aromatic heterocycles. The van der Waals surface area contributed by atoms with Crippen molar-refractivity contribution in [1.82, 2.24) is 20.4 Å². The van der Waals surface area contributed by atoms with E-state index in [1.54, 1.807) is 29.9 Å². The average molecular weight is 433 g/mol. The third-order valence-electron chi connectivity index (χ3n) is 5.78. The zero-order chi connectivity index (χ0) is 22.4. The second-order valence-electron chi connectivity index (χ2n) is 8.11. The fourth-order valence-corrected chi connectivity index (χ4v) is 4.33. The Morgan fingerprint density at radius 2 is 2.09 bits per heavy atom. The number of carbonyl (C=O) groups is 1. The van der Waals surface area contributed by atoms with E-state index in [4.69, 9.17) is 0 Å². The molecule has 1 unspecified atom stereocenters. The quantitative estimate of drug-likeness (QED) is 0.776. The molecule has 0 bridgehead atoms. The summed E-state index contributed by atoms with van der Waals surface area (Å²) in [6.07, 6.45) is 4.76. The van der Waals surface area contributed by atoms with Crippen molar-refractivity contribution in [3.63, 3.8) is 0 Å². The summed E-state index contributed by atoms with van der Waals surface area (Å²) in [5, 5.41) is 11.5. The largest absolute Gasteiger partial charge is 0.368 e. The van der Waals surface area contributed by atoms with Crippen LogP contribution < -0.4 is 15.5 Å². The van der Waals surface area contributed by atoms with Gasteiger partial charge >= 0.3 is 0 Å². The molecule has 8 nitrogen and oxygen atoms in total. The van der Waals surface area contributed by atoms with Gasteiger partial charge in [0, 0.05) is 48.6 Å². The fourth-order valence-electron chi connectivity index (χ4n) is 4.33. The minimum absolute atomic E-state index is 0.281. The van der Waals surface area contributed by atoms with Crippen LogP contribution in [0.1, 0.15) is 24.2 Å². The summed E-state index contributed by atoms with van der Waals surface area (Å²) < 4.78 is 16.2. The number of halogens is 1. The number of fused-ring (bicyclic) bond motifs is 2. The van der Waals surface area contributed by atoms with E-state index >= 15 is 0 Å². The predicted molar refractivity (Wildman–Crippen MR) is 125 cm³/mol. The van der Waals surface area contributed by atoms with Crippen LogP contribution in [0.4, 0.5) is 10.1 Å². The van der Waals surface area contributed by atoms with Gasteiger partial charge in [-0.3, -0.25) is 9.79 Å². The highest BCUT2D eigenvalue weighted by molar-refractivity contribution is 6.15. The van der Waals surface area contributed by atoms with Gasteiger partial charge in [-0.25, -0.2) is 14.1 Å². The Bertz CT molecular complexity index is 1260. The van der Waals surface area contributed by atoms with E-state index < -0.39 is 11.9 Å². The molecule has 164 valence electrons. The van der Waals surface area contributed by atoms with Gasteiger partial charge in [-0.2, -0.15) is 5.10 Å². The van der Waals surface area contributed by atoms with Crippen molar-refractivity contribution in [2.75, 3.05) is 31.1 Å². The van der Waals surface area contributed by atoms with Gasteiger partial charge in [0.25, 0.3) is 5.91 Å². The van der Waals surface area contributed by atoms with Gasteiger partial charge < -0.3 is 15.5 Å². The maximum Gasteiger partial charge on any atom is 0.257 e. The molecule has 0 spiro atoms. The molecule has 3 aliphatic rings. The molecule has 0 saturated carbocycles. The van der Waals surface area contributed by atoms with E-state index in [0.717, 1.165) is 37.3 Å². The van der Waals surface area contributed by atoms with E-state index in [1.165, 1.54) is 6.08 Å². The summed E-state index contributed by atoms with van der Waals surface area (Å²) in [7, 11) is 0. The molecule has 1 aromatic carbocycles. The first kappa shape index (κ1) is 20.3. The number of rotatable bonds is 4. The van der Waals surface area contributed by atoms with Crippen LogP contribution in [0.5, 0.6) is 0 Å². The van der Waals surface area contributed by atoms with Gasteiger partial charge in [-0.1, -0.05) is 6.58 Å². The molecule has 5 rings (SSSR count). The molecular weight excluding hydrogens is 409 g/mol. The standard InChI is InChI=1S/C23H24FN7O/c1-13(2)31-22-16(4-5-20(17(22)12-26-31)30-8-6-25-7-9-30)23(32)29-15-10-18(24)21-19(11-15)27-14(3)28-21/h4-5,10-12,19,25H,1,6-9H2,2-3H3,(H,29,32). The van der Waals surface area contributed by atoms with E-state index in [1.807, 2.05) is 13.0 Å². The van der Waals surface area contributed by atoms with Crippen molar-refractivity contribution in [1.29, 1.82) is 0 Å². The Balaban J connectivity index is 1.52. The molecular formula is C23H24FN7O.